The topological polar surface area (TPSA) is 107 Å². The van der Waals surface area contributed by atoms with Gasteiger partial charge < -0.3 is 24.5 Å². The second kappa shape index (κ2) is 11.1. The molecule has 0 amide bonds. The van der Waals surface area contributed by atoms with Crippen molar-refractivity contribution in [3.8, 4) is 28.6 Å². The number of furan rings is 1. The molecule has 200 valence electrons. The van der Waals surface area contributed by atoms with Crippen LogP contribution in [0.25, 0.3) is 28.5 Å². The van der Waals surface area contributed by atoms with E-state index in [-0.39, 0.29) is 5.95 Å². The molecule has 1 aliphatic heterocycles. The van der Waals surface area contributed by atoms with Crippen LogP contribution < -0.4 is 15.4 Å². The average molecular weight is 526 g/mol. The van der Waals surface area contributed by atoms with Crippen LogP contribution in [0.5, 0.6) is 5.75 Å². The van der Waals surface area contributed by atoms with Gasteiger partial charge in [-0.05, 0) is 35.9 Å². The Morgan fingerprint density at radius 2 is 1.79 bits per heavy atom. The van der Waals surface area contributed by atoms with Gasteiger partial charge in [0.1, 0.15) is 12.4 Å². The molecular weight excluding hydrogens is 494 g/mol. The number of hydrogen-bond donors (Lipinski definition) is 1. The third-order valence-corrected chi connectivity index (χ3v) is 6.84. The van der Waals surface area contributed by atoms with Crippen LogP contribution in [0.3, 0.4) is 0 Å². The number of rotatable bonds is 9. The van der Waals surface area contributed by atoms with Gasteiger partial charge in [-0.25, -0.2) is 9.97 Å². The Bertz CT molecular complexity index is 1540. The maximum atomic E-state index is 6.24. The summed E-state index contributed by atoms with van der Waals surface area (Å²) in [4.78, 5) is 14.1. The Morgan fingerprint density at radius 1 is 0.923 bits per heavy atom. The third kappa shape index (κ3) is 5.43. The predicted molar refractivity (Wildman–Crippen MR) is 150 cm³/mol. The normalized spacial score (nSPS) is 14.2. The number of nitrogen functional groups attached to an aromatic ring is 1. The molecule has 0 aliphatic carbocycles. The molecule has 0 saturated carbocycles. The Labute approximate surface area is 226 Å². The zero-order valence-corrected chi connectivity index (χ0v) is 21.9. The molecule has 0 radical (unpaired) electrons. The summed E-state index contributed by atoms with van der Waals surface area (Å²) in [6.07, 6.45) is 1.59. The summed E-state index contributed by atoms with van der Waals surface area (Å²) in [5, 5.41) is 4.44. The molecule has 3 aromatic heterocycles. The molecule has 0 atom stereocenters. The van der Waals surface area contributed by atoms with Gasteiger partial charge in [0.25, 0.3) is 0 Å². The SMILES string of the molecule is COCCOc1ccccc1N1CCN(Cc2cccc(-c3cc4nc(-c5ccco5)nn4c(N)n3)c2)CC1. The summed E-state index contributed by atoms with van der Waals surface area (Å²) >= 11 is 0. The van der Waals surface area contributed by atoms with Crippen LogP contribution in [0.15, 0.2) is 77.4 Å². The number of fused-ring (bicyclic) bond motifs is 1. The minimum absolute atomic E-state index is 0.279. The number of anilines is 2. The molecule has 2 aromatic carbocycles. The molecule has 1 saturated heterocycles. The van der Waals surface area contributed by atoms with E-state index in [9.17, 15) is 0 Å². The van der Waals surface area contributed by atoms with Crippen molar-refractivity contribution in [1.29, 1.82) is 0 Å². The molecule has 1 aliphatic rings. The molecule has 6 rings (SSSR count). The summed E-state index contributed by atoms with van der Waals surface area (Å²) < 4.78 is 18.0. The minimum Gasteiger partial charge on any atom is -0.489 e. The molecule has 1 fully saturated rings. The van der Waals surface area contributed by atoms with E-state index in [2.05, 4.69) is 55.2 Å². The van der Waals surface area contributed by atoms with E-state index in [1.807, 2.05) is 30.3 Å². The van der Waals surface area contributed by atoms with E-state index >= 15 is 0 Å². The molecule has 5 aromatic rings. The fourth-order valence-electron chi connectivity index (χ4n) is 4.88. The standard InChI is InChI=1S/C29H31N7O3/c1-37-16-17-39-25-9-3-2-8-24(25)35-13-11-34(12-14-35)20-21-6-4-7-22(18-21)23-19-27-32-28(26-10-5-15-38-26)33-36(27)29(30)31-23/h2-10,15,18-19H,11-14,16-17,20H2,1H3,(H2,30,31). The molecular formula is C29H31N7O3. The molecule has 4 heterocycles. The number of ether oxygens (including phenoxy) is 2. The summed E-state index contributed by atoms with van der Waals surface area (Å²) in [6, 6.07) is 22.2. The molecule has 0 unspecified atom stereocenters. The highest BCUT2D eigenvalue weighted by Gasteiger charge is 2.20. The van der Waals surface area contributed by atoms with Crippen molar-refractivity contribution in [2.45, 2.75) is 6.54 Å². The first-order valence-electron chi connectivity index (χ1n) is 13.0. The van der Waals surface area contributed by atoms with Gasteiger partial charge in [-0.3, -0.25) is 4.90 Å². The van der Waals surface area contributed by atoms with Gasteiger partial charge in [0.2, 0.25) is 11.8 Å². The zero-order valence-electron chi connectivity index (χ0n) is 21.9. The van der Waals surface area contributed by atoms with E-state index in [0.29, 0.717) is 30.4 Å². The summed E-state index contributed by atoms with van der Waals surface area (Å²) in [7, 11) is 1.68. The van der Waals surface area contributed by atoms with Crippen molar-refractivity contribution in [1.82, 2.24) is 24.5 Å². The van der Waals surface area contributed by atoms with Crippen LogP contribution in [0, 0.1) is 0 Å². The molecule has 2 N–H and O–H groups in total. The number of para-hydroxylation sites is 2. The Morgan fingerprint density at radius 3 is 2.62 bits per heavy atom. The highest BCUT2D eigenvalue weighted by molar-refractivity contribution is 5.67. The molecule has 0 bridgehead atoms. The van der Waals surface area contributed by atoms with Crippen LogP contribution in [0.2, 0.25) is 0 Å². The predicted octanol–water partition coefficient (Wildman–Crippen LogP) is 3.98. The van der Waals surface area contributed by atoms with Crippen LogP contribution >= 0.6 is 0 Å². The van der Waals surface area contributed by atoms with Gasteiger partial charge in [0.15, 0.2) is 11.4 Å². The number of benzene rings is 2. The van der Waals surface area contributed by atoms with E-state index in [1.165, 1.54) is 10.1 Å². The molecule has 10 heteroatoms. The van der Waals surface area contributed by atoms with Crippen LogP contribution in [0.4, 0.5) is 11.6 Å². The van der Waals surface area contributed by atoms with Gasteiger partial charge in [-0.15, -0.1) is 5.10 Å². The fraction of sp³-hybridized carbons (Fsp3) is 0.276. The number of nitrogens with zero attached hydrogens (tertiary/aromatic N) is 6. The Balaban J connectivity index is 1.13. The Hall–Kier alpha value is -4.41. The lowest BCUT2D eigenvalue weighted by Gasteiger charge is -2.36. The van der Waals surface area contributed by atoms with Crippen LogP contribution in [-0.4, -0.2) is 71.0 Å². The van der Waals surface area contributed by atoms with Crippen molar-refractivity contribution < 1.29 is 13.9 Å². The smallest absolute Gasteiger partial charge is 0.223 e. The van der Waals surface area contributed by atoms with E-state index in [1.54, 1.807) is 19.4 Å². The van der Waals surface area contributed by atoms with Gasteiger partial charge in [-0.1, -0.05) is 30.3 Å². The number of aromatic nitrogens is 4. The second-order valence-corrected chi connectivity index (χ2v) is 9.45. The van der Waals surface area contributed by atoms with E-state index in [4.69, 9.17) is 19.6 Å². The lowest BCUT2D eigenvalue weighted by atomic mass is 10.1. The first-order chi connectivity index (χ1) is 19.2. The van der Waals surface area contributed by atoms with Crippen molar-refractivity contribution in [3.63, 3.8) is 0 Å². The first-order valence-corrected chi connectivity index (χ1v) is 13.0. The number of nitrogens with two attached hydrogens (primary N) is 1. The number of piperazine rings is 1. The van der Waals surface area contributed by atoms with Gasteiger partial charge in [0, 0.05) is 51.5 Å². The largest absolute Gasteiger partial charge is 0.489 e. The molecule has 10 nitrogen and oxygen atoms in total. The molecule has 0 spiro atoms. The highest BCUT2D eigenvalue weighted by atomic mass is 16.5. The number of methoxy groups -OCH3 is 1. The van der Waals surface area contributed by atoms with Crippen molar-refractivity contribution in [2.24, 2.45) is 0 Å². The van der Waals surface area contributed by atoms with Gasteiger partial charge in [0.05, 0.1) is 24.3 Å². The summed E-state index contributed by atoms with van der Waals surface area (Å²) in [6.45, 7) is 5.76. The molecule has 39 heavy (non-hydrogen) atoms. The minimum atomic E-state index is 0.279. The Kier molecular flexibility index (Phi) is 7.11. The van der Waals surface area contributed by atoms with E-state index < -0.39 is 0 Å². The maximum Gasteiger partial charge on any atom is 0.223 e. The van der Waals surface area contributed by atoms with Gasteiger partial charge >= 0.3 is 0 Å². The summed E-state index contributed by atoms with van der Waals surface area (Å²) in [5.74, 6) is 2.25. The first kappa shape index (κ1) is 24.9. The number of hydrogen-bond acceptors (Lipinski definition) is 9. The van der Waals surface area contributed by atoms with Crippen molar-refractivity contribution in [2.75, 3.05) is 57.1 Å². The monoisotopic (exact) mass is 525 g/mol. The second-order valence-electron chi connectivity index (χ2n) is 9.45. The van der Waals surface area contributed by atoms with Crippen LogP contribution in [-0.2, 0) is 11.3 Å². The van der Waals surface area contributed by atoms with Crippen molar-refractivity contribution in [3.05, 3.63) is 78.6 Å². The quantitative estimate of drug-likeness (QED) is 0.286. The summed E-state index contributed by atoms with van der Waals surface area (Å²) in [5.41, 5.74) is 11.0. The third-order valence-electron chi connectivity index (χ3n) is 6.84. The lowest BCUT2D eigenvalue weighted by Crippen LogP contribution is -2.46. The maximum absolute atomic E-state index is 6.24. The average Bonchev–Trinajstić information content (AvgIpc) is 3.65. The highest BCUT2D eigenvalue weighted by Crippen LogP contribution is 2.29. The lowest BCUT2D eigenvalue weighted by molar-refractivity contribution is 0.146. The van der Waals surface area contributed by atoms with Crippen LogP contribution in [0.1, 0.15) is 5.56 Å². The fourth-order valence-corrected chi connectivity index (χ4v) is 4.88. The van der Waals surface area contributed by atoms with Crippen molar-refractivity contribution >= 4 is 17.3 Å². The zero-order chi connectivity index (χ0) is 26.6. The van der Waals surface area contributed by atoms with E-state index in [0.717, 1.165) is 55.4 Å². The van der Waals surface area contributed by atoms with Gasteiger partial charge in [-0.2, -0.15) is 4.52 Å².